The van der Waals surface area contributed by atoms with E-state index in [4.69, 9.17) is 11.6 Å². The van der Waals surface area contributed by atoms with E-state index in [0.717, 1.165) is 11.6 Å². The Labute approximate surface area is 189 Å². The fourth-order valence-corrected chi connectivity index (χ4v) is 5.76. The van der Waals surface area contributed by atoms with Gasteiger partial charge in [0.05, 0.1) is 15.7 Å². The Hall–Kier alpha value is -2.26. The molecule has 10 heteroatoms. The first-order valence-electron chi connectivity index (χ1n) is 10.1. The number of halogens is 4. The van der Waals surface area contributed by atoms with Crippen molar-refractivity contribution in [3.63, 3.8) is 0 Å². The molecule has 1 N–H and O–H groups in total. The van der Waals surface area contributed by atoms with Crippen molar-refractivity contribution in [2.45, 2.75) is 49.9 Å². The van der Waals surface area contributed by atoms with Gasteiger partial charge in [-0.05, 0) is 74.4 Å². The number of hydrogen-bond acceptors (Lipinski definition) is 4. The Morgan fingerprint density at radius 1 is 1.12 bits per heavy atom. The maximum absolute atomic E-state index is 12.7. The van der Waals surface area contributed by atoms with Crippen molar-refractivity contribution < 1.29 is 31.1 Å². The van der Waals surface area contributed by atoms with Crippen LogP contribution in [0.3, 0.4) is 0 Å². The van der Waals surface area contributed by atoms with Gasteiger partial charge in [-0.15, -0.1) is 13.2 Å². The maximum atomic E-state index is 12.7. The number of carbonyl (C=O) groups is 1. The summed E-state index contributed by atoms with van der Waals surface area (Å²) in [5.41, 5.74) is 0.876. The highest BCUT2D eigenvalue weighted by atomic mass is 35.5. The molecule has 3 rings (SSSR count). The molecule has 5 nitrogen and oxygen atoms in total. The lowest BCUT2D eigenvalue weighted by Crippen LogP contribution is -2.38. The van der Waals surface area contributed by atoms with E-state index < -0.39 is 27.9 Å². The van der Waals surface area contributed by atoms with Crippen molar-refractivity contribution in [2.24, 2.45) is 5.92 Å². The number of benzene rings is 2. The molecule has 0 unspecified atom stereocenters. The number of hydrogen-bond donors (Lipinski definition) is 1. The average Bonchev–Trinajstić information content (AvgIpc) is 2.70. The zero-order valence-electron chi connectivity index (χ0n) is 17.3. The van der Waals surface area contributed by atoms with Gasteiger partial charge in [0.1, 0.15) is 5.75 Å². The quantitative estimate of drug-likeness (QED) is 0.597. The van der Waals surface area contributed by atoms with Crippen molar-refractivity contribution in [1.82, 2.24) is 5.32 Å². The van der Waals surface area contributed by atoms with Gasteiger partial charge in [0.15, 0.2) is 9.84 Å². The van der Waals surface area contributed by atoms with Gasteiger partial charge in [-0.2, -0.15) is 0 Å². The van der Waals surface area contributed by atoms with Crippen molar-refractivity contribution in [2.75, 3.05) is 5.75 Å². The Bertz CT molecular complexity index is 1080. The molecule has 0 aromatic heterocycles. The summed E-state index contributed by atoms with van der Waals surface area (Å²) in [6, 6.07) is 10.1. The smallest absolute Gasteiger partial charge is 0.404 e. The van der Waals surface area contributed by atoms with Gasteiger partial charge in [0.25, 0.3) is 5.91 Å². The first-order valence-corrected chi connectivity index (χ1v) is 12.1. The normalized spacial score (nSPS) is 19.4. The summed E-state index contributed by atoms with van der Waals surface area (Å²) >= 11 is 5.71. The minimum Gasteiger partial charge on any atom is -0.404 e. The van der Waals surface area contributed by atoms with E-state index in [2.05, 4.69) is 10.1 Å². The highest BCUT2D eigenvalue weighted by Gasteiger charge is 2.32. The molecule has 0 heterocycles. The van der Waals surface area contributed by atoms with Crippen LogP contribution in [-0.2, 0) is 9.84 Å². The van der Waals surface area contributed by atoms with Crippen LogP contribution in [0.5, 0.6) is 5.75 Å². The molecular weight excluding hydrogens is 467 g/mol. The number of amides is 1. The molecule has 32 heavy (non-hydrogen) atoms. The van der Waals surface area contributed by atoms with E-state index in [1.807, 2.05) is 13.0 Å². The fourth-order valence-electron chi connectivity index (χ4n) is 3.80. The number of alkyl halides is 3. The molecule has 0 saturated heterocycles. The van der Waals surface area contributed by atoms with Gasteiger partial charge < -0.3 is 10.1 Å². The first-order chi connectivity index (χ1) is 14.9. The SMILES string of the molecule is Cc1cccc(S(=O)(=O)C[C@H]2CC[C@@H](NC(=O)c3ccc(Cl)c(OC(F)(F)F)c3)CC2)c1. The third kappa shape index (κ3) is 6.62. The molecule has 0 spiro atoms. The van der Waals surface area contributed by atoms with E-state index in [1.54, 1.807) is 18.2 Å². The Morgan fingerprint density at radius 3 is 2.44 bits per heavy atom. The molecule has 1 amide bonds. The predicted molar refractivity (Wildman–Crippen MR) is 115 cm³/mol. The van der Waals surface area contributed by atoms with Crippen LogP contribution in [0.1, 0.15) is 41.6 Å². The number of ether oxygens (including phenoxy) is 1. The van der Waals surface area contributed by atoms with Crippen molar-refractivity contribution in [3.8, 4) is 5.75 Å². The van der Waals surface area contributed by atoms with Gasteiger partial charge in [-0.1, -0.05) is 23.7 Å². The monoisotopic (exact) mass is 489 g/mol. The first kappa shape index (κ1) is 24.4. The highest BCUT2D eigenvalue weighted by molar-refractivity contribution is 7.91. The fraction of sp³-hybridized carbons (Fsp3) is 0.409. The Balaban J connectivity index is 1.56. The second kappa shape index (κ2) is 9.70. The standard InChI is InChI=1S/C22H23ClF3NO4S/c1-14-3-2-4-18(11-14)32(29,30)13-15-5-8-17(9-6-15)27-21(28)16-7-10-19(23)20(12-16)31-22(24,25)26/h2-4,7,10-12,15,17H,5-6,8-9,13H2,1H3,(H,27,28)/t15-,17+. The molecule has 1 saturated carbocycles. The minimum atomic E-state index is -4.92. The summed E-state index contributed by atoms with van der Waals surface area (Å²) < 4.78 is 66.7. The topological polar surface area (TPSA) is 72.5 Å². The van der Waals surface area contributed by atoms with Crippen molar-refractivity contribution >= 4 is 27.3 Å². The summed E-state index contributed by atoms with van der Waals surface area (Å²) in [5, 5.41) is 2.54. The van der Waals surface area contributed by atoms with Gasteiger partial charge in [-0.25, -0.2) is 8.42 Å². The molecule has 0 bridgehead atoms. The lowest BCUT2D eigenvalue weighted by Gasteiger charge is -2.29. The molecule has 2 aromatic rings. The van der Waals surface area contributed by atoms with Crippen LogP contribution in [0.4, 0.5) is 13.2 Å². The van der Waals surface area contributed by atoms with Crippen LogP contribution in [0.25, 0.3) is 0 Å². The second-order valence-corrected chi connectivity index (χ2v) is 10.4. The zero-order chi connectivity index (χ0) is 23.5. The van der Waals surface area contributed by atoms with Gasteiger partial charge in [0, 0.05) is 11.6 Å². The number of aryl methyl sites for hydroxylation is 1. The van der Waals surface area contributed by atoms with E-state index in [-0.39, 0.29) is 28.3 Å². The zero-order valence-corrected chi connectivity index (χ0v) is 18.9. The number of nitrogens with one attached hydrogen (secondary N) is 1. The molecule has 0 aliphatic heterocycles. The highest BCUT2D eigenvalue weighted by Crippen LogP contribution is 2.32. The maximum Gasteiger partial charge on any atom is 0.573 e. The van der Waals surface area contributed by atoms with E-state index >= 15 is 0 Å². The molecule has 1 aliphatic rings. The molecular formula is C22H23ClF3NO4S. The predicted octanol–water partition coefficient (Wildman–Crippen LogP) is 5.31. The molecule has 1 aliphatic carbocycles. The summed E-state index contributed by atoms with van der Waals surface area (Å²) in [6.07, 6.45) is -2.51. The van der Waals surface area contributed by atoms with Gasteiger partial charge >= 0.3 is 6.36 Å². The second-order valence-electron chi connectivity index (χ2n) is 7.98. The molecule has 174 valence electrons. The number of sulfone groups is 1. The van der Waals surface area contributed by atoms with Gasteiger partial charge in [0.2, 0.25) is 0 Å². The molecule has 1 fully saturated rings. The largest absolute Gasteiger partial charge is 0.573 e. The van der Waals surface area contributed by atoms with E-state index in [1.165, 1.54) is 12.1 Å². The van der Waals surface area contributed by atoms with E-state index in [9.17, 15) is 26.4 Å². The summed E-state index contributed by atoms with van der Waals surface area (Å²) in [4.78, 5) is 12.8. The van der Waals surface area contributed by atoms with E-state index in [0.29, 0.717) is 30.6 Å². The summed E-state index contributed by atoms with van der Waals surface area (Å²) in [7, 11) is -3.40. The number of rotatable bonds is 6. The number of carbonyl (C=O) groups excluding carboxylic acids is 1. The summed E-state index contributed by atoms with van der Waals surface area (Å²) in [5.74, 6) is -1.15. The van der Waals surface area contributed by atoms with Crippen LogP contribution in [0.2, 0.25) is 5.02 Å². The average molecular weight is 490 g/mol. The molecule has 0 radical (unpaired) electrons. The Kier molecular flexibility index (Phi) is 7.39. The molecule has 2 aromatic carbocycles. The third-order valence-electron chi connectivity index (χ3n) is 5.40. The van der Waals surface area contributed by atoms with Gasteiger partial charge in [-0.3, -0.25) is 4.79 Å². The lowest BCUT2D eigenvalue weighted by molar-refractivity contribution is -0.274. The van der Waals surface area contributed by atoms with Crippen LogP contribution in [0, 0.1) is 12.8 Å². The third-order valence-corrected chi connectivity index (χ3v) is 7.60. The lowest BCUT2D eigenvalue weighted by atomic mass is 9.87. The van der Waals surface area contributed by atoms with Crippen LogP contribution in [0.15, 0.2) is 47.4 Å². The van der Waals surface area contributed by atoms with Crippen LogP contribution < -0.4 is 10.1 Å². The van der Waals surface area contributed by atoms with Crippen LogP contribution in [-0.4, -0.2) is 32.5 Å². The summed E-state index contributed by atoms with van der Waals surface area (Å²) in [6.45, 7) is 1.84. The Morgan fingerprint density at radius 2 is 1.81 bits per heavy atom. The van der Waals surface area contributed by atoms with Crippen LogP contribution >= 0.6 is 11.6 Å². The van der Waals surface area contributed by atoms with Crippen molar-refractivity contribution in [3.05, 3.63) is 58.6 Å². The minimum absolute atomic E-state index is 0.00204. The van der Waals surface area contributed by atoms with Crippen molar-refractivity contribution in [1.29, 1.82) is 0 Å². The molecule has 0 atom stereocenters.